The summed E-state index contributed by atoms with van der Waals surface area (Å²) in [5, 5.41) is 3.39. The van der Waals surface area contributed by atoms with Crippen LogP contribution in [0.3, 0.4) is 0 Å². The van der Waals surface area contributed by atoms with Crippen LogP contribution >= 0.6 is 0 Å². The summed E-state index contributed by atoms with van der Waals surface area (Å²) in [4.78, 5) is 0. The SMILES string of the molecule is C=CCCNC1CCOC1. The Morgan fingerprint density at radius 3 is 3.20 bits per heavy atom. The molecule has 58 valence electrons. The summed E-state index contributed by atoms with van der Waals surface area (Å²) in [7, 11) is 0. The van der Waals surface area contributed by atoms with Gasteiger partial charge in [0.25, 0.3) is 0 Å². The maximum Gasteiger partial charge on any atom is 0.0620 e. The van der Waals surface area contributed by atoms with Crippen molar-refractivity contribution in [1.82, 2.24) is 5.32 Å². The highest BCUT2D eigenvalue weighted by molar-refractivity contribution is 4.74. The van der Waals surface area contributed by atoms with E-state index in [1.807, 2.05) is 6.08 Å². The van der Waals surface area contributed by atoms with Crippen LogP contribution in [0.2, 0.25) is 0 Å². The Hall–Kier alpha value is -0.340. The van der Waals surface area contributed by atoms with E-state index in [4.69, 9.17) is 4.74 Å². The van der Waals surface area contributed by atoms with Crippen LogP contribution in [0.4, 0.5) is 0 Å². The molecule has 1 fully saturated rings. The average Bonchev–Trinajstić information content (AvgIpc) is 2.41. The summed E-state index contributed by atoms with van der Waals surface area (Å²) in [5.41, 5.74) is 0. The fourth-order valence-corrected chi connectivity index (χ4v) is 1.09. The minimum absolute atomic E-state index is 0.597. The molecule has 1 atom stereocenters. The molecule has 1 aliphatic heterocycles. The lowest BCUT2D eigenvalue weighted by Gasteiger charge is -2.07. The lowest BCUT2D eigenvalue weighted by Crippen LogP contribution is -2.29. The topological polar surface area (TPSA) is 21.3 Å². The van der Waals surface area contributed by atoms with Gasteiger partial charge in [0.15, 0.2) is 0 Å². The number of nitrogens with one attached hydrogen (secondary N) is 1. The van der Waals surface area contributed by atoms with Gasteiger partial charge in [-0.2, -0.15) is 0 Å². The Bertz CT molecular complexity index is 97.4. The first kappa shape index (κ1) is 7.76. The molecule has 0 spiro atoms. The molecule has 1 heterocycles. The normalized spacial score (nSPS) is 25.0. The van der Waals surface area contributed by atoms with Gasteiger partial charge in [0.1, 0.15) is 0 Å². The Labute approximate surface area is 62.3 Å². The largest absolute Gasteiger partial charge is 0.380 e. The third-order valence-electron chi connectivity index (χ3n) is 1.71. The molecule has 1 unspecified atom stereocenters. The first-order chi connectivity index (χ1) is 4.93. The highest BCUT2D eigenvalue weighted by Crippen LogP contribution is 2.02. The van der Waals surface area contributed by atoms with Crippen LogP contribution in [0.25, 0.3) is 0 Å². The van der Waals surface area contributed by atoms with Gasteiger partial charge in [-0.1, -0.05) is 6.08 Å². The smallest absolute Gasteiger partial charge is 0.0620 e. The van der Waals surface area contributed by atoms with Gasteiger partial charge >= 0.3 is 0 Å². The van der Waals surface area contributed by atoms with Crippen LogP contribution in [-0.4, -0.2) is 25.8 Å². The van der Waals surface area contributed by atoms with Gasteiger partial charge in [0, 0.05) is 12.6 Å². The third-order valence-corrected chi connectivity index (χ3v) is 1.71. The fraction of sp³-hybridized carbons (Fsp3) is 0.750. The molecule has 1 saturated heterocycles. The average molecular weight is 141 g/mol. The van der Waals surface area contributed by atoms with Crippen molar-refractivity contribution in [2.24, 2.45) is 0 Å². The van der Waals surface area contributed by atoms with E-state index in [1.165, 1.54) is 0 Å². The van der Waals surface area contributed by atoms with Crippen molar-refractivity contribution in [3.8, 4) is 0 Å². The molecule has 1 N–H and O–H groups in total. The van der Waals surface area contributed by atoms with Crippen LogP contribution in [-0.2, 0) is 4.74 Å². The van der Waals surface area contributed by atoms with Gasteiger partial charge in [0.05, 0.1) is 6.61 Å². The van der Waals surface area contributed by atoms with Gasteiger partial charge in [0.2, 0.25) is 0 Å². The molecule has 1 aliphatic rings. The highest BCUT2D eigenvalue weighted by atomic mass is 16.5. The number of ether oxygens (including phenoxy) is 1. The van der Waals surface area contributed by atoms with E-state index >= 15 is 0 Å². The van der Waals surface area contributed by atoms with Crippen LogP contribution in [0.5, 0.6) is 0 Å². The van der Waals surface area contributed by atoms with E-state index in [-0.39, 0.29) is 0 Å². The molecule has 0 aromatic carbocycles. The first-order valence-corrected chi connectivity index (χ1v) is 3.85. The number of rotatable bonds is 4. The van der Waals surface area contributed by atoms with Crippen LogP contribution < -0.4 is 5.32 Å². The first-order valence-electron chi connectivity index (χ1n) is 3.85. The van der Waals surface area contributed by atoms with E-state index < -0.39 is 0 Å². The van der Waals surface area contributed by atoms with Crippen molar-refractivity contribution in [2.45, 2.75) is 18.9 Å². The molecule has 0 amide bonds. The molecule has 10 heavy (non-hydrogen) atoms. The van der Waals surface area contributed by atoms with E-state index in [0.717, 1.165) is 32.6 Å². The summed E-state index contributed by atoms with van der Waals surface area (Å²) >= 11 is 0. The molecular weight excluding hydrogens is 126 g/mol. The summed E-state index contributed by atoms with van der Waals surface area (Å²) in [6.45, 7) is 6.50. The van der Waals surface area contributed by atoms with Crippen LogP contribution in [0.1, 0.15) is 12.8 Å². The van der Waals surface area contributed by atoms with E-state index in [0.29, 0.717) is 6.04 Å². The van der Waals surface area contributed by atoms with Crippen LogP contribution in [0, 0.1) is 0 Å². The zero-order valence-corrected chi connectivity index (χ0v) is 6.31. The summed E-state index contributed by atoms with van der Waals surface area (Å²) in [6, 6.07) is 0.597. The minimum Gasteiger partial charge on any atom is -0.380 e. The molecule has 0 saturated carbocycles. The maximum absolute atomic E-state index is 5.20. The van der Waals surface area contributed by atoms with E-state index in [1.54, 1.807) is 0 Å². The lowest BCUT2D eigenvalue weighted by molar-refractivity contribution is 0.190. The third kappa shape index (κ3) is 2.50. The van der Waals surface area contributed by atoms with Gasteiger partial charge in [-0.15, -0.1) is 6.58 Å². The van der Waals surface area contributed by atoms with Crippen LogP contribution in [0.15, 0.2) is 12.7 Å². The number of hydrogen-bond donors (Lipinski definition) is 1. The van der Waals surface area contributed by atoms with Crippen molar-refractivity contribution >= 4 is 0 Å². The molecule has 2 nitrogen and oxygen atoms in total. The molecule has 0 aromatic rings. The van der Waals surface area contributed by atoms with Gasteiger partial charge < -0.3 is 10.1 Å². The molecule has 1 rings (SSSR count). The van der Waals surface area contributed by atoms with E-state index in [9.17, 15) is 0 Å². The second-order valence-electron chi connectivity index (χ2n) is 2.59. The lowest BCUT2D eigenvalue weighted by atomic mass is 10.2. The Kier molecular flexibility index (Phi) is 3.47. The standard InChI is InChI=1S/C8H15NO/c1-2-3-5-9-8-4-6-10-7-8/h2,8-9H,1,3-7H2. The van der Waals surface area contributed by atoms with Crippen molar-refractivity contribution in [2.75, 3.05) is 19.8 Å². The van der Waals surface area contributed by atoms with Gasteiger partial charge in [-0.3, -0.25) is 0 Å². The predicted molar refractivity (Wildman–Crippen MR) is 42.0 cm³/mol. The van der Waals surface area contributed by atoms with Crippen molar-refractivity contribution < 1.29 is 4.74 Å². The molecule has 0 aromatic heterocycles. The van der Waals surface area contributed by atoms with Crippen molar-refractivity contribution in [1.29, 1.82) is 0 Å². The predicted octanol–water partition coefficient (Wildman–Crippen LogP) is 0.941. The fourth-order valence-electron chi connectivity index (χ4n) is 1.09. The minimum atomic E-state index is 0.597. The Balaban J connectivity index is 1.96. The molecule has 0 radical (unpaired) electrons. The summed E-state index contributed by atoms with van der Waals surface area (Å²) in [5.74, 6) is 0. The highest BCUT2D eigenvalue weighted by Gasteiger charge is 2.13. The monoisotopic (exact) mass is 141 g/mol. The summed E-state index contributed by atoms with van der Waals surface area (Å²) in [6.07, 6.45) is 4.15. The van der Waals surface area contributed by atoms with Crippen molar-refractivity contribution in [3.63, 3.8) is 0 Å². The molecular formula is C8H15NO. The second kappa shape index (κ2) is 4.47. The Morgan fingerprint density at radius 1 is 1.70 bits per heavy atom. The van der Waals surface area contributed by atoms with Gasteiger partial charge in [-0.25, -0.2) is 0 Å². The van der Waals surface area contributed by atoms with Gasteiger partial charge in [-0.05, 0) is 19.4 Å². The summed E-state index contributed by atoms with van der Waals surface area (Å²) < 4.78 is 5.20. The maximum atomic E-state index is 5.20. The van der Waals surface area contributed by atoms with Crippen molar-refractivity contribution in [3.05, 3.63) is 12.7 Å². The molecule has 0 bridgehead atoms. The number of hydrogen-bond acceptors (Lipinski definition) is 2. The zero-order valence-electron chi connectivity index (χ0n) is 6.31. The zero-order chi connectivity index (χ0) is 7.23. The molecule has 2 heteroatoms. The quantitative estimate of drug-likeness (QED) is 0.464. The molecule has 0 aliphatic carbocycles. The van der Waals surface area contributed by atoms with E-state index in [2.05, 4.69) is 11.9 Å². The second-order valence-corrected chi connectivity index (χ2v) is 2.59. The Morgan fingerprint density at radius 2 is 2.60 bits per heavy atom.